The SMILES string of the molecule is Cc1cc(Br)ccc1N=C1NC(=O)/C(=C/c2cc(C)n(-c3cccc(Cl)c3)c2C)S1. The summed E-state index contributed by atoms with van der Waals surface area (Å²) < 4.78 is 3.14. The Bertz CT molecular complexity index is 1230. The Hall–Kier alpha value is -2.28. The van der Waals surface area contributed by atoms with E-state index in [1.54, 1.807) is 0 Å². The largest absolute Gasteiger partial charge is 0.318 e. The van der Waals surface area contributed by atoms with Gasteiger partial charge in [-0.3, -0.25) is 4.79 Å². The number of aromatic nitrogens is 1. The monoisotopic (exact) mass is 499 g/mol. The fourth-order valence-corrected chi connectivity index (χ4v) is 4.91. The van der Waals surface area contributed by atoms with Crippen molar-refractivity contribution < 1.29 is 4.79 Å². The Balaban J connectivity index is 1.65. The van der Waals surface area contributed by atoms with Crippen LogP contribution in [0.15, 0.2) is 62.9 Å². The minimum Gasteiger partial charge on any atom is -0.318 e. The Kier molecular flexibility index (Phi) is 5.91. The quantitative estimate of drug-likeness (QED) is 0.406. The standard InChI is InChI=1S/C23H19BrClN3OS/c1-13-9-17(24)7-8-20(13)26-23-27-22(29)21(30-23)11-16-10-14(2)28(15(16)3)19-6-4-5-18(25)12-19/h4-12H,1-3H3,(H,26,27,29)/b21-11-. The first kappa shape index (κ1) is 21.0. The number of hydrogen-bond acceptors (Lipinski definition) is 3. The molecule has 152 valence electrons. The second-order valence-electron chi connectivity index (χ2n) is 7.05. The zero-order valence-electron chi connectivity index (χ0n) is 16.7. The van der Waals surface area contributed by atoms with Crippen LogP contribution in [0.1, 0.15) is 22.5 Å². The molecule has 2 aromatic carbocycles. The Labute approximate surface area is 193 Å². The van der Waals surface area contributed by atoms with Crippen molar-refractivity contribution in [3.8, 4) is 5.69 Å². The van der Waals surface area contributed by atoms with Crippen molar-refractivity contribution in [1.82, 2.24) is 9.88 Å². The number of carbonyl (C=O) groups is 1. The molecule has 1 aliphatic heterocycles. The van der Waals surface area contributed by atoms with Crippen LogP contribution in [0.25, 0.3) is 11.8 Å². The summed E-state index contributed by atoms with van der Waals surface area (Å²) in [6.07, 6.45) is 1.92. The van der Waals surface area contributed by atoms with Crippen LogP contribution >= 0.6 is 39.3 Å². The topological polar surface area (TPSA) is 46.4 Å². The number of thioether (sulfide) groups is 1. The fraction of sp³-hybridized carbons (Fsp3) is 0.130. The summed E-state index contributed by atoms with van der Waals surface area (Å²) in [4.78, 5) is 17.8. The summed E-state index contributed by atoms with van der Waals surface area (Å²) >= 11 is 11.0. The lowest BCUT2D eigenvalue weighted by Crippen LogP contribution is -2.19. The van der Waals surface area contributed by atoms with Crippen molar-refractivity contribution in [2.45, 2.75) is 20.8 Å². The molecule has 2 heterocycles. The molecule has 4 rings (SSSR count). The van der Waals surface area contributed by atoms with E-state index in [1.165, 1.54) is 11.8 Å². The van der Waals surface area contributed by atoms with Crippen LogP contribution in [0.4, 0.5) is 5.69 Å². The highest BCUT2D eigenvalue weighted by molar-refractivity contribution is 9.10. The van der Waals surface area contributed by atoms with E-state index >= 15 is 0 Å². The van der Waals surface area contributed by atoms with Crippen LogP contribution in [0.5, 0.6) is 0 Å². The van der Waals surface area contributed by atoms with E-state index in [0.717, 1.165) is 38.4 Å². The van der Waals surface area contributed by atoms with Crippen molar-refractivity contribution >= 4 is 62.1 Å². The Morgan fingerprint density at radius 3 is 2.67 bits per heavy atom. The second-order valence-corrected chi connectivity index (χ2v) is 9.44. The minimum absolute atomic E-state index is 0.138. The third-order valence-corrected chi connectivity index (χ3v) is 6.49. The number of aryl methyl sites for hydroxylation is 2. The number of benzene rings is 2. The number of nitrogens with one attached hydrogen (secondary N) is 1. The Morgan fingerprint density at radius 2 is 1.93 bits per heavy atom. The maximum atomic E-state index is 12.5. The van der Waals surface area contributed by atoms with Crippen LogP contribution in [0, 0.1) is 20.8 Å². The molecule has 1 amide bonds. The summed E-state index contributed by atoms with van der Waals surface area (Å²) in [7, 11) is 0. The first-order chi connectivity index (χ1) is 14.3. The van der Waals surface area contributed by atoms with E-state index in [0.29, 0.717) is 15.1 Å². The summed E-state index contributed by atoms with van der Waals surface area (Å²) in [5.74, 6) is -0.138. The molecule has 0 spiro atoms. The molecular weight excluding hydrogens is 482 g/mol. The maximum absolute atomic E-state index is 12.5. The molecular formula is C23H19BrClN3OS. The molecule has 0 aliphatic carbocycles. The van der Waals surface area contributed by atoms with Crippen molar-refractivity contribution in [2.75, 3.05) is 0 Å². The molecule has 0 unspecified atom stereocenters. The third-order valence-electron chi connectivity index (χ3n) is 4.85. The molecule has 1 saturated heterocycles. The first-order valence-corrected chi connectivity index (χ1v) is 11.3. The molecule has 1 aromatic heterocycles. The molecule has 3 aromatic rings. The number of amides is 1. The number of rotatable bonds is 3. The summed E-state index contributed by atoms with van der Waals surface area (Å²) in [5.41, 5.74) is 5.98. The molecule has 0 bridgehead atoms. The highest BCUT2D eigenvalue weighted by Crippen LogP contribution is 2.32. The van der Waals surface area contributed by atoms with Gasteiger partial charge in [0.25, 0.3) is 5.91 Å². The van der Waals surface area contributed by atoms with Gasteiger partial charge in [-0.15, -0.1) is 0 Å². The molecule has 7 heteroatoms. The van der Waals surface area contributed by atoms with E-state index in [-0.39, 0.29) is 5.91 Å². The zero-order chi connectivity index (χ0) is 21.4. The third kappa shape index (κ3) is 4.26. The predicted octanol–water partition coefficient (Wildman–Crippen LogP) is 6.71. The van der Waals surface area contributed by atoms with Crippen LogP contribution in [-0.4, -0.2) is 15.6 Å². The molecule has 0 saturated carbocycles. The van der Waals surface area contributed by atoms with Crippen LogP contribution in [0.3, 0.4) is 0 Å². The molecule has 1 N–H and O–H groups in total. The number of carbonyl (C=O) groups excluding carboxylic acids is 1. The lowest BCUT2D eigenvalue weighted by Gasteiger charge is -2.09. The van der Waals surface area contributed by atoms with E-state index in [4.69, 9.17) is 11.6 Å². The zero-order valence-corrected chi connectivity index (χ0v) is 19.8. The van der Waals surface area contributed by atoms with Gasteiger partial charge in [0.05, 0.1) is 10.6 Å². The number of halogens is 2. The molecule has 30 heavy (non-hydrogen) atoms. The molecule has 0 radical (unpaired) electrons. The van der Waals surface area contributed by atoms with Gasteiger partial charge in [-0.2, -0.15) is 0 Å². The number of amidine groups is 1. The molecule has 0 atom stereocenters. The molecule has 1 fully saturated rings. The van der Waals surface area contributed by atoms with Gasteiger partial charge in [-0.1, -0.05) is 33.6 Å². The van der Waals surface area contributed by atoms with E-state index in [1.807, 2.05) is 69.3 Å². The molecule has 4 nitrogen and oxygen atoms in total. The van der Waals surface area contributed by atoms with E-state index in [2.05, 4.69) is 36.9 Å². The van der Waals surface area contributed by atoms with Crippen molar-refractivity contribution in [3.05, 3.63) is 85.4 Å². The van der Waals surface area contributed by atoms with E-state index < -0.39 is 0 Å². The van der Waals surface area contributed by atoms with Gasteiger partial charge in [0.1, 0.15) is 0 Å². The number of aliphatic imine (C=N–C) groups is 1. The van der Waals surface area contributed by atoms with Gasteiger partial charge >= 0.3 is 0 Å². The lowest BCUT2D eigenvalue weighted by atomic mass is 10.2. The average molecular weight is 501 g/mol. The van der Waals surface area contributed by atoms with Gasteiger partial charge in [-0.05, 0) is 92.2 Å². The highest BCUT2D eigenvalue weighted by Gasteiger charge is 2.25. The van der Waals surface area contributed by atoms with Crippen molar-refractivity contribution in [1.29, 1.82) is 0 Å². The Morgan fingerprint density at radius 1 is 1.13 bits per heavy atom. The second kappa shape index (κ2) is 8.46. The van der Waals surface area contributed by atoms with E-state index in [9.17, 15) is 4.79 Å². The van der Waals surface area contributed by atoms with Crippen molar-refractivity contribution in [3.63, 3.8) is 0 Å². The smallest absolute Gasteiger partial charge is 0.264 e. The van der Waals surface area contributed by atoms with Gasteiger partial charge < -0.3 is 9.88 Å². The molecule has 1 aliphatic rings. The van der Waals surface area contributed by atoms with Crippen molar-refractivity contribution in [2.24, 2.45) is 4.99 Å². The highest BCUT2D eigenvalue weighted by atomic mass is 79.9. The van der Waals surface area contributed by atoms with Crippen LogP contribution < -0.4 is 5.32 Å². The predicted molar refractivity (Wildman–Crippen MR) is 130 cm³/mol. The lowest BCUT2D eigenvalue weighted by molar-refractivity contribution is -0.115. The maximum Gasteiger partial charge on any atom is 0.264 e. The first-order valence-electron chi connectivity index (χ1n) is 9.32. The van der Waals surface area contributed by atoms with Crippen LogP contribution in [-0.2, 0) is 4.79 Å². The normalized spacial score (nSPS) is 16.5. The summed E-state index contributed by atoms with van der Waals surface area (Å²) in [6, 6.07) is 15.7. The average Bonchev–Trinajstić information content (AvgIpc) is 3.16. The fourth-order valence-electron chi connectivity index (χ4n) is 3.42. The number of hydrogen-bond donors (Lipinski definition) is 1. The van der Waals surface area contributed by atoms with Gasteiger partial charge in [-0.25, -0.2) is 4.99 Å². The summed E-state index contributed by atoms with van der Waals surface area (Å²) in [6.45, 7) is 6.08. The van der Waals surface area contributed by atoms with Gasteiger partial charge in [0, 0.05) is 26.6 Å². The number of nitrogens with zero attached hydrogens (tertiary/aromatic N) is 2. The van der Waals surface area contributed by atoms with Crippen LogP contribution in [0.2, 0.25) is 5.02 Å². The summed E-state index contributed by atoms with van der Waals surface area (Å²) in [5, 5.41) is 4.14. The van der Waals surface area contributed by atoms with Gasteiger partial charge in [0.2, 0.25) is 0 Å². The minimum atomic E-state index is -0.138. The van der Waals surface area contributed by atoms with Gasteiger partial charge in [0.15, 0.2) is 5.17 Å².